The molecule has 0 fully saturated rings. The third-order valence-corrected chi connectivity index (χ3v) is 3.46. The number of benzene rings is 1. The van der Waals surface area contributed by atoms with Gasteiger partial charge in [-0.3, -0.25) is 4.90 Å². The van der Waals surface area contributed by atoms with Gasteiger partial charge in [-0.2, -0.15) is 0 Å². The Balaban J connectivity index is 2.15. The fourth-order valence-corrected chi connectivity index (χ4v) is 2.38. The van der Waals surface area contributed by atoms with Crippen LogP contribution >= 0.6 is 0 Å². The van der Waals surface area contributed by atoms with Gasteiger partial charge in [0, 0.05) is 12.7 Å². The second-order valence-electron chi connectivity index (χ2n) is 6.50. The lowest BCUT2D eigenvalue weighted by Crippen LogP contribution is -2.35. The average Bonchev–Trinajstić information content (AvgIpc) is 2.53. The monoisotopic (exact) mass is 317 g/mol. The second-order valence-corrected chi connectivity index (χ2v) is 6.50. The summed E-state index contributed by atoms with van der Waals surface area (Å²) in [6, 6.07) is 7.20. The number of rotatable bonds is 2. The van der Waals surface area contributed by atoms with Crippen LogP contribution in [0.2, 0.25) is 0 Å². The normalized spacial score (nSPS) is 15.0. The predicted octanol–water partition coefficient (Wildman–Crippen LogP) is 3.85. The van der Waals surface area contributed by atoms with Crippen molar-refractivity contribution >= 4 is 17.6 Å². The molecule has 124 valence electrons. The highest BCUT2D eigenvalue weighted by molar-refractivity contribution is 5.89. The Kier molecular flexibility index (Phi) is 5.08. The summed E-state index contributed by atoms with van der Waals surface area (Å²) < 4.78 is 10.1. The fraction of sp³-hybridized carbons (Fsp3) is 0.444. The maximum atomic E-state index is 12.2. The van der Waals surface area contributed by atoms with Gasteiger partial charge in [0.05, 0.1) is 12.7 Å². The SMILES string of the molecule is COC(=O)c1ccc(C2=CN(C(=O)OC(C)(C)C)CCC2)cc1. The van der Waals surface area contributed by atoms with Crippen molar-refractivity contribution in [3.05, 3.63) is 41.6 Å². The van der Waals surface area contributed by atoms with Crippen LogP contribution in [0.25, 0.3) is 5.57 Å². The Morgan fingerprint density at radius 3 is 2.35 bits per heavy atom. The molecule has 1 aliphatic heterocycles. The van der Waals surface area contributed by atoms with E-state index in [2.05, 4.69) is 0 Å². The fourth-order valence-electron chi connectivity index (χ4n) is 2.38. The topological polar surface area (TPSA) is 55.8 Å². The van der Waals surface area contributed by atoms with Crippen LogP contribution < -0.4 is 0 Å². The first-order valence-corrected chi connectivity index (χ1v) is 7.69. The summed E-state index contributed by atoms with van der Waals surface area (Å²) in [6.07, 6.45) is 3.27. The Morgan fingerprint density at radius 2 is 1.78 bits per heavy atom. The molecule has 0 radical (unpaired) electrons. The Hall–Kier alpha value is -2.30. The number of carbonyl (C=O) groups is 2. The predicted molar refractivity (Wildman–Crippen MR) is 87.9 cm³/mol. The number of carbonyl (C=O) groups excluding carboxylic acids is 2. The van der Waals surface area contributed by atoms with E-state index in [-0.39, 0.29) is 12.1 Å². The van der Waals surface area contributed by atoms with Crippen LogP contribution in [0.5, 0.6) is 0 Å². The molecule has 0 bridgehead atoms. The average molecular weight is 317 g/mol. The van der Waals surface area contributed by atoms with Crippen LogP contribution in [0.1, 0.15) is 49.5 Å². The molecule has 0 saturated carbocycles. The molecular weight excluding hydrogens is 294 g/mol. The first-order chi connectivity index (χ1) is 10.8. The smallest absolute Gasteiger partial charge is 0.414 e. The van der Waals surface area contributed by atoms with E-state index in [9.17, 15) is 9.59 Å². The molecule has 1 aromatic carbocycles. The molecule has 1 heterocycles. The number of amides is 1. The first-order valence-electron chi connectivity index (χ1n) is 7.69. The standard InChI is InChI=1S/C18H23NO4/c1-18(2,3)23-17(21)19-11-5-6-15(12-19)13-7-9-14(10-8-13)16(20)22-4/h7-10,12H,5-6,11H2,1-4H3. The van der Waals surface area contributed by atoms with Crippen molar-refractivity contribution in [3.8, 4) is 0 Å². The largest absolute Gasteiger partial charge is 0.465 e. The van der Waals surface area contributed by atoms with Gasteiger partial charge in [0.15, 0.2) is 0 Å². The van der Waals surface area contributed by atoms with Gasteiger partial charge in [-0.1, -0.05) is 12.1 Å². The number of hydrogen-bond donors (Lipinski definition) is 0. The van der Waals surface area contributed by atoms with Crippen molar-refractivity contribution in [2.24, 2.45) is 0 Å². The zero-order chi connectivity index (χ0) is 17.0. The Morgan fingerprint density at radius 1 is 1.13 bits per heavy atom. The number of ether oxygens (including phenoxy) is 2. The van der Waals surface area contributed by atoms with Crippen LogP contribution in [0.3, 0.4) is 0 Å². The number of hydrogen-bond acceptors (Lipinski definition) is 4. The summed E-state index contributed by atoms with van der Waals surface area (Å²) in [5.41, 5.74) is 2.05. The van der Waals surface area contributed by atoms with Crippen LogP contribution in [0.4, 0.5) is 4.79 Å². The molecular formula is C18H23NO4. The Labute approximate surface area is 136 Å². The third kappa shape index (κ3) is 4.58. The zero-order valence-electron chi connectivity index (χ0n) is 14.1. The van der Waals surface area contributed by atoms with Crippen molar-refractivity contribution < 1.29 is 19.1 Å². The quantitative estimate of drug-likeness (QED) is 0.778. The molecule has 0 N–H and O–H groups in total. The molecule has 0 aromatic heterocycles. The summed E-state index contributed by atoms with van der Waals surface area (Å²) in [5.74, 6) is -0.357. The molecule has 1 aliphatic rings. The van der Waals surface area contributed by atoms with Crippen LogP contribution in [-0.4, -0.2) is 36.2 Å². The van der Waals surface area contributed by atoms with E-state index < -0.39 is 5.60 Å². The van der Waals surface area contributed by atoms with Crippen LogP contribution in [0.15, 0.2) is 30.5 Å². The minimum absolute atomic E-state index is 0.333. The second kappa shape index (κ2) is 6.86. The van der Waals surface area contributed by atoms with Gasteiger partial charge in [0.25, 0.3) is 0 Å². The third-order valence-electron chi connectivity index (χ3n) is 3.46. The van der Waals surface area contributed by atoms with E-state index in [0.29, 0.717) is 12.1 Å². The van der Waals surface area contributed by atoms with E-state index in [1.807, 2.05) is 39.1 Å². The molecule has 2 rings (SSSR count). The lowest BCUT2D eigenvalue weighted by Gasteiger charge is -2.28. The molecule has 23 heavy (non-hydrogen) atoms. The number of allylic oxidation sites excluding steroid dienone is 1. The number of methoxy groups -OCH3 is 1. The van der Waals surface area contributed by atoms with Gasteiger partial charge in [-0.25, -0.2) is 9.59 Å². The van der Waals surface area contributed by atoms with Crippen molar-refractivity contribution in [2.45, 2.75) is 39.2 Å². The van der Waals surface area contributed by atoms with Gasteiger partial charge in [-0.15, -0.1) is 0 Å². The minimum Gasteiger partial charge on any atom is -0.465 e. The van der Waals surface area contributed by atoms with E-state index >= 15 is 0 Å². The van der Waals surface area contributed by atoms with E-state index in [1.165, 1.54) is 7.11 Å². The number of esters is 1. The molecule has 5 heteroatoms. The maximum absolute atomic E-state index is 12.2. The van der Waals surface area contributed by atoms with Crippen molar-refractivity contribution in [3.63, 3.8) is 0 Å². The van der Waals surface area contributed by atoms with E-state index in [0.717, 1.165) is 24.0 Å². The Bertz CT molecular complexity index is 611. The lowest BCUT2D eigenvalue weighted by atomic mass is 9.98. The van der Waals surface area contributed by atoms with E-state index in [1.54, 1.807) is 17.0 Å². The molecule has 0 saturated heterocycles. The highest BCUT2D eigenvalue weighted by Crippen LogP contribution is 2.26. The van der Waals surface area contributed by atoms with Gasteiger partial charge in [-0.05, 0) is 56.9 Å². The van der Waals surface area contributed by atoms with Gasteiger partial charge >= 0.3 is 12.1 Å². The van der Waals surface area contributed by atoms with Crippen molar-refractivity contribution in [1.82, 2.24) is 4.90 Å². The molecule has 0 aliphatic carbocycles. The minimum atomic E-state index is -0.509. The summed E-state index contributed by atoms with van der Waals surface area (Å²) >= 11 is 0. The lowest BCUT2D eigenvalue weighted by molar-refractivity contribution is 0.0329. The maximum Gasteiger partial charge on any atom is 0.414 e. The summed E-state index contributed by atoms with van der Waals surface area (Å²) in [7, 11) is 1.36. The van der Waals surface area contributed by atoms with Crippen LogP contribution in [0, 0.1) is 0 Å². The molecule has 0 unspecified atom stereocenters. The number of nitrogens with zero attached hydrogens (tertiary/aromatic N) is 1. The van der Waals surface area contributed by atoms with Crippen LogP contribution in [-0.2, 0) is 9.47 Å². The molecule has 0 atom stereocenters. The highest BCUT2D eigenvalue weighted by Gasteiger charge is 2.23. The molecule has 0 spiro atoms. The molecule has 5 nitrogen and oxygen atoms in total. The molecule has 1 amide bonds. The van der Waals surface area contributed by atoms with Crippen molar-refractivity contribution in [2.75, 3.05) is 13.7 Å². The summed E-state index contributed by atoms with van der Waals surface area (Å²) in [5, 5.41) is 0. The van der Waals surface area contributed by atoms with Gasteiger partial charge in [0.1, 0.15) is 5.60 Å². The zero-order valence-corrected chi connectivity index (χ0v) is 14.1. The van der Waals surface area contributed by atoms with Crippen molar-refractivity contribution in [1.29, 1.82) is 0 Å². The van der Waals surface area contributed by atoms with Gasteiger partial charge < -0.3 is 9.47 Å². The first kappa shape index (κ1) is 17.1. The van der Waals surface area contributed by atoms with E-state index in [4.69, 9.17) is 9.47 Å². The van der Waals surface area contributed by atoms with Gasteiger partial charge in [0.2, 0.25) is 0 Å². The molecule has 1 aromatic rings. The summed E-state index contributed by atoms with van der Waals surface area (Å²) in [4.78, 5) is 25.2. The highest BCUT2D eigenvalue weighted by atomic mass is 16.6. The summed E-state index contributed by atoms with van der Waals surface area (Å²) in [6.45, 7) is 6.21.